The smallest absolute Gasteiger partial charge is 0.0996 e. The molecule has 4 heteroatoms. The molecule has 2 nitrogen and oxygen atoms in total. The Kier molecular flexibility index (Phi) is 2.32. The second-order valence-electron chi connectivity index (χ2n) is 2.90. The molecule has 0 unspecified atom stereocenters. The van der Waals surface area contributed by atoms with Crippen molar-refractivity contribution in [2.75, 3.05) is 5.73 Å². The van der Waals surface area contributed by atoms with E-state index in [1.54, 1.807) is 11.3 Å². The number of halogens is 1. The fourth-order valence-electron chi connectivity index (χ4n) is 1.42. The van der Waals surface area contributed by atoms with Gasteiger partial charge in [0, 0.05) is 5.56 Å². The highest BCUT2D eigenvalue weighted by molar-refractivity contribution is 7.17. The van der Waals surface area contributed by atoms with E-state index in [1.165, 1.54) is 0 Å². The number of benzene rings is 1. The molecule has 0 radical (unpaired) electrons. The van der Waals surface area contributed by atoms with Gasteiger partial charge in [0.05, 0.1) is 27.9 Å². The second kappa shape index (κ2) is 3.49. The highest BCUT2D eigenvalue weighted by atomic mass is 35.5. The summed E-state index contributed by atoms with van der Waals surface area (Å²) in [5.74, 6) is 0.280. The summed E-state index contributed by atoms with van der Waals surface area (Å²) in [7, 11) is 0. The molecule has 14 heavy (non-hydrogen) atoms. The van der Waals surface area contributed by atoms with E-state index in [9.17, 15) is 0 Å². The summed E-state index contributed by atoms with van der Waals surface area (Å²) >= 11 is 7.33. The molecule has 2 aromatic rings. The number of thiophene rings is 1. The van der Waals surface area contributed by atoms with E-state index in [2.05, 4.69) is 6.07 Å². The average Bonchev–Trinajstić information content (AvgIpc) is 2.65. The highest BCUT2D eigenvalue weighted by Gasteiger charge is 2.10. The quantitative estimate of drug-likeness (QED) is 0.596. The zero-order valence-corrected chi connectivity index (χ0v) is 8.82. The molecule has 0 bridgehead atoms. The van der Waals surface area contributed by atoms with Crippen molar-refractivity contribution in [1.29, 1.82) is 5.26 Å². The maximum Gasteiger partial charge on any atom is 0.0996 e. The van der Waals surface area contributed by atoms with Gasteiger partial charge in [-0.05, 0) is 22.9 Å². The Morgan fingerprint density at radius 1 is 1.57 bits per heavy atom. The predicted molar refractivity (Wildman–Crippen MR) is 60.5 cm³/mol. The number of anilines is 1. The van der Waals surface area contributed by atoms with Crippen LogP contribution in [0.1, 0.15) is 11.1 Å². The number of hydrogen-bond donors (Lipinski definition) is 1. The van der Waals surface area contributed by atoms with Crippen LogP contribution in [0.3, 0.4) is 0 Å². The molecule has 0 saturated carbocycles. The maximum absolute atomic E-state index is 8.91. The normalized spacial score (nSPS) is 10.3. The van der Waals surface area contributed by atoms with Gasteiger partial charge in [0.1, 0.15) is 0 Å². The summed E-state index contributed by atoms with van der Waals surface area (Å²) in [5.41, 5.74) is 7.88. The molecule has 70 valence electrons. The summed E-state index contributed by atoms with van der Waals surface area (Å²) in [6.45, 7) is 0. The van der Waals surface area contributed by atoms with Gasteiger partial charge in [-0.15, -0.1) is 22.9 Å². The second-order valence-corrected chi connectivity index (χ2v) is 4.08. The topological polar surface area (TPSA) is 49.8 Å². The first-order chi connectivity index (χ1) is 6.77. The van der Waals surface area contributed by atoms with Crippen molar-refractivity contribution in [2.45, 2.75) is 5.88 Å². The van der Waals surface area contributed by atoms with Crippen LogP contribution in [0.25, 0.3) is 10.1 Å². The third kappa shape index (κ3) is 1.24. The molecule has 1 aromatic carbocycles. The predicted octanol–water partition coefficient (Wildman–Crippen LogP) is 3.09. The third-order valence-electron chi connectivity index (χ3n) is 2.14. The minimum absolute atomic E-state index is 0.280. The van der Waals surface area contributed by atoms with Crippen LogP contribution in [-0.2, 0) is 5.88 Å². The Morgan fingerprint density at radius 3 is 3.00 bits per heavy atom. The third-order valence-corrected chi connectivity index (χ3v) is 3.38. The van der Waals surface area contributed by atoms with E-state index in [1.807, 2.05) is 17.5 Å². The minimum atomic E-state index is 0.280. The van der Waals surface area contributed by atoms with Crippen molar-refractivity contribution >= 4 is 38.7 Å². The lowest BCUT2D eigenvalue weighted by atomic mass is 10.1. The van der Waals surface area contributed by atoms with Crippen molar-refractivity contribution in [3.8, 4) is 6.07 Å². The summed E-state index contributed by atoms with van der Waals surface area (Å²) in [5, 5.41) is 11.9. The van der Waals surface area contributed by atoms with Crippen LogP contribution in [0.2, 0.25) is 0 Å². The maximum atomic E-state index is 8.91. The Labute approximate surface area is 90.5 Å². The fraction of sp³-hybridized carbons (Fsp3) is 0.100. The van der Waals surface area contributed by atoms with E-state index >= 15 is 0 Å². The van der Waals surface area contributed by atoms with E-state index in [0.717, 1.165) is 15.6 Å². The molecule has 0 saturated heterocycles. The fourth-order valence-corrected chi connectivity index (χ4v) is 2.57. The van der Waals surface area contributed by atoms with Gasteiger partial charge in [0.2, 0.25) is 0 Å². The molecule has 1 heterocycles. The molecular formula is C10H7ClN2S. The Morgan fingerprint density at radius 2 is 2.36 bits per heavy atom. The first kappa shape index (κ1) is 9.32. The molecule has 2 rings (SSSR count). The van der Waals surface area contributed by atoms with Gasteiger partial charge in [-0.3, -0.25) is 0 Å². The Hall–Kier alpha value is -1.24. The van der Waals surface area contributed by atoms with Gasteiger partial charge in [0.25, 0.3) is 0 Å². The van der Waals surface area contributed by atoms with Gasteiger partial charge in [-0.1, -0.05) is 0 Å². The first-order valence-corrected chi connectivity index (χ1v) is 5.44. The SMILES string of the molecule is N#Cc1cc2ccsc2c(N)c1CCl. The van der Waals surface area contributed by atoms with Crippen molar-refractivity contribution in [1.82, 2.24) is 0 Å². The van der Waals surface area contributed by atoms with Gasteiger partial charge < -0.3 is 5.73 Å². The molecule has 0 aliphatic heterocycles. The lowest BCUT2D eigenvalue weighted by Gasteiger charge is -2.05. The van der Waals surface area contributed by atoms with E-state index < -0.39 is 0 Å². The van der Waals surface area contributed by atoms with Crippen LogP contribution < -0.4 is 5.73 Å². The number of nitrogens with two attached hydrogens (primary N) is 1. The number of rotatable bonds is 1. The Balaban J connectivity index is 2.87. The highest BCUT2D eigenvalue weighted by Crippen LogP contribution is 2.32. The van der Waals surface area contributed by atoms with E-state index in [4.69, 9.17) is 22.6 Å². The lowest BCUT2D eigenvalue weighted by molar-refractivity contribution is 1.37. The summed E-state index contributed by atoms with van der Waals surface area (Å²) in [4.78, 5) is 0. The van der Waals surface area contributed by atoms with Crippen LogP contribution in [-0.4, -0.2) is 0 Å². The first-order valence-electron chi connectivity index (χ1n) is 4.02. The molecule has 0 amide bonds. The number of nitriles is 1. The van der Waals surface area contributed by atoms with E-state index in [-0.39, 0.29) is 5.88 Å². The summed E-state index contributed by atoms with van der Waals surface area (Å²) < 4.78 is 1.01. The molecule has 2 N–H and O–H groups in total. The summed E-state index contributed by atoms with van der Waals surface area (Å²) in [6, 6.07) is 5.90. The lowest BCUT2D eigenvalue weighted by Crippen LogP contribution is -1.95. The number of alkyl halides is 1. The zero-order valence-electron chi connectivity index (χ0n) is 7.25. The van der Waals surface area contributed by atoms with Crippen molar-refractivity contribution < 1.29 is 0 Å². The summed E-state index contributed by atoms with van der Waals surface area (Å²) in [6.07, 6.45) is 0. The molecule has 0 atom stereocenters. The molecule has 0 aliphatic carbocycles. The minimum Gasteiger partial charge on any atom is -0.397 e. The molecule has 0 aliphatic rings. The molecule has 0 fully saturated rings. The number of nitrogens with zero attached hydrogens (tertiary/aromatic N) is 1. The Bertz CT molecular complexity index is 525. The van der Waals surface area contributed by atoms with Crippen molar-refractivity contribution in [3.05, 3.63) is 28.6 Å². The van der Waals surface area contributed by atoms with Crippen LogP contribution in [0, 0.1) is 11.3 Å². The number of hydrogen-bond acceptors (Lipinski definition) is 3. The van der Waals surface area contributed by atoms with Crippen LogP contribution >= 0.6 is 22.9 Å². The monoisotopic (exact) mass is 222 g/mol. The van der Waals surface area contributed by atoms with Crippen molar-refractivity contribution in [2.24, 2.45) is 0 Å². The standard InChI is InChI=1S/C10H7ClN2S/c11-4-8-7(5-12)3-6-1-2-14-10(6)9(8)13/h1-3H,4,13H2. The molecular weight excluding hydrogens is 216 g/mol. The molecule has 0 spiro atoms. The number of fused-ring (bicyclic) bond motifs is 1. The van der Waals surface area contributed by atoms with Crippen LogP contribution in [0.4, 0.5) is 5.69 Å². The van der Waals surface area contributed by atoms with Gasteiger partial charge >= 0.3 is 0 Å². The van der Waals surface area contributed by atoms with Gasteiger partial charge in [-0.2, -0.15) is 5.26 Å². The van der Waals surface area contributed by atoms with E-state index in [0.29, 0.717) is 11.3 Å². The van der Waals surface area contributed by atoms with Gasteiger partial charge in [0.15, 0.2) is 0 Å². The van der Waals surface area contributed by atoms with Gasteiger partial charge in [-0.25, -0.2) is 0 Å². The largest absolute Gasteiger partial charge is 0.397 e. The van der Waals surface area contributed by atoms with Crippen LogP contribution in [0.5, 0.6) is 0 Å². The zero-order chi connectivity index (χ0) is 10.1. The van der Waals surface area contributed by atoms with Crippen LogP contribution in [0.15, 0.2) is 17.5 Å². The van der Waals surface area contributed by atoms with Crippen molar-refractivity contribution in [3.63, 3.8) is 0 Å². The number of nitrogen functional groups attached to an aromatic ring is 1. The molecule has 1 aromatic heterocycles. The average molecular weight is 223 g/mol.